The average molecular weight is 556 g/mol. The van der Waals surface area contributed by atoms with Gasteiger partial charge in [0.15, 0.2) is 0 Å². The van der Waals surface area contributed by atoms with E-state index in [1.165, 1.54) is 0 Å². The SMILES string of the molecule is O=C(CSC1CC=C(c2cccc(C(=O)O)c2)S1)NC[C@H]1CN(CC2C=C(Cl)C(Cl)=CC2)CCO1. The van der Waals surface area contributed by atoms with Crippen molar-refractivity contribution in [2.45, 2.75) is 23.5 Å². The quantitative estimate of drug-likeness (QED) is 0.444. The molecule has 2 N–H and O–H groups in total. The Hall–Kier alpha value is -1.42. The second-order valence-electron chi connectivity index (χ2n) is 8.67. The number of carbonyl (C=O) groups excluding carboxylic acids is 1. The Morgan fingerprint density at radius 3 is 2.89 bits per heavy atom. The number of ether oxygens (including phenoxy) is 1. The molecule has 6 nitrogen and oxygen atoms in total. The molecule has 1 aromatic carbocycles. The number of aromatic carboxylic acids is 1. The molecule has 0 spiro atoms. The summed E-state index contributed by atoms with van der Waals surface area (Å²) in [7, 11) is 0. The van der Waals surface area contributed by atoms with Crippen molar-refractivity contribution < 1.29 is 19.4 Å². The normalized spacial score (nSPS) is 25.0. The van der Waals surface area contributed by atoms with Crippen molar-refractivity contribution in [3.05, 3.63) is 63.7 Å². The van der Waals surface area contributed by atoms with Gasteiger partial charge in [-0.1, -0.05) is 53.6 Å². The predicted octanol–water partition coefficient (Wildman–Crippen LogP) is 5.00. The first-order valence-electron chi connectivity index (χ1n) is 11.5. The number of nitrogens with one attached hydrogen (secondary N) is 1. The van der Waals surface area contributed by atoms with E-state index in [4.69, 9.17) is 27.9 Å². The number of carboxylic acid groups (broad SMARTS) is 1. The van der Waals surface area contributed by atoms with Gasteiger partial charge >= 0.3 is 5.97 Å². The van der Waals surface area contributed by atoms with Crippen molar-refractivity contribution in [1.82, 2.24) is 10.2 Å². The van der Waals surface area contributed by atoms with Crippen LogP contribution in [0, 0.1) is 5.92 Å². The number of hydrogen-bond donors (Lipinski definition) is 2. The summed E-state index contributed by atoms with van der Waals surface area (Å²) >= 11 is 15.5. The first-order valence-corrected chi connectivity index (χ1v) is 14.2. The number of carbonyl (C=O) groups is 2. The highest BCUT2D eigenvalue weighted by atomic mass is 35.5. The van der Waals surface area contributed by atoms with Gasteiger partial charge in [0.05, 0.1) is 38.7 Å². The standard InChI is InChI=1S/C25H28Cl2N2O4S2/c26-20-5-4-16(10-21(20)27)13-29-8-9-33-19(14-29)12-28-23(30)15-34-24-7-6-22(35-24)17-2-1-3-18(11-17)25(31)32/h1-3,5-6,10-11,16,19,24H,4,7-9,12-15H2,(H,28,30)(H,31,32)/t16?,19-,24?/m0/s1. The van der Waals surface area contributed by atoms with E-state index >= 15 is 0 Å². The Bertz CT molecular complexity index is 1050. The number of halogens is 2. The molecule has 2 heterocycles. The molecular weight excluding hydrogens is 527 g/mol. The number of carboxylic acids is 1. The average Bonchev–Trinajstić information content (AvgIpc) is 3.33. The smallest absolute Gasteiger partial charge is 0.335 e. The molecule has 1 amide bonds. The topological polar surface area (TPSA) is 78.9 Å². The molecule has 1 fully saturated rings. The predicted molar refractivity (Wildman–Crippen MR) is 145 cm³/mol. The summed E-state index contributed by atoms with van der Waals surface area (Å²) in [5.74, 6) is -0.216. The summed E-state index contributed by atoms with van der Waals surface area (Å²) in [6, 6.07) is 6.97. The van der Waals surface area contributed by atoms with Crippen molar-refractivity contribution in [2.75, 3.05) is 38.5 Å². The molecule has 4 rings (SSSR count). The van der Waals surface area contributed by atoms with Crippen molar-refractivity contribution in [1.29, 1.82) is 0 Å². The van der Waals surface area contributed by atoms with E-state index in [0.29, 0.717) is 34.9 Å². The number of benzene rings is 1. The molecule has 35 heavy (non-hydrogen) atoms. The summed E-state index contributed by atoms with van der Waals surface area (Å²) in [4.78, 5) is 27.1. The van der Waals surface area contributed by atoms with Gasteiger partial charge < -0.3 is 15.2 Å². The number of amides is 1. The van der Waals surface area contributed by atoms with E-state index in [9.17, 15) is 14.7 Å². The third kappa shape index (κ3) is 7.78. The van der Waals surface area contributed by atoms with Gasteiger partial charge in [-0.25, -0.2) is 4.79 Å². The maximum atomic E-state index is 12.4. The number of allylic oxidation sites excluding steroid dienone is 4. The Kier molecular flexibility index (Phi) is 9.67. The number of morpholine rings is 1. The largest absolute Gasteiger partial charge is 0.478 e. The fourth-order valence-corrected chi connectivity index (χ4v) is 7.01. The number of rotatable bonds is 9. The fourth-order valence-electron chi connectivity index (χ4n) is 4.22. The van der Waals surface area contributed by atoms with E-state index in [2.05, 4.69) is 16.3 Å². The van der Waals surface area contributed by atoms with Crippen LogP contribution in [0.1, 0.15) is 28.8 Å². The molecule has 2 aliphatic heterocycles. The first kappa shape index (κ1) is 26.6. The summed E-state index contributed by atoms with van der Waals surface area (Å²) < 4.78 is 6.10. The molecule has 188 valence electrons. The lowest BCUT2D eigenvalue weighted by Gasteiger charge is -2.35. The van der Waals surface area contributed by atoms with Gasteiger partial charge in [-0.3, -0.25) is 9.69 Å². The van der Waals surface area contributed by atoms with Crippen LogP contribution in [-0.4, -0.2) is 71.1 Å². The number of hydrogen-bond acceptors (Lipinski definition) is 6. The van der Waals surface area contributed by atoms with Crippen LogP contribution in [0.4, 0.5) is 0 Å². The van der Waals surface area contributed by atoms with E-state index in [1.54, 1.807) is 41.7 Å². The zero-order valence-electron chi connectivity index (χ0n) is 19.1. The molecule has 0 bridgehead atoms. The van der Waals surface area contributed by atoms with E-state index in [0.717, 1.165) is 42.9 Å². The van der Waals surface area contributed by atoms with Gasteiger partial charge in [-0.05, 0) is 36.5 Å². The zero-order valence-corrected chi connectivity index (χ0v) is 22.3. The molecular formula is C25H28Cl2N2O4S2. The van der Waals surface area contributed by atoms with Gasteiger partial charge in [-0.15, -0.1) is 23.5 Å². The second kappa shape index (κ2) is 12.7. The molecule has 2 unspecified atom stereocenters. The maximum Gasteiger partial charge on any atom is 0.335 e. The summed E-state index contributed by atoms with van der Waals surface area (Å²) in [6.45, 7) is 3.67. The van der Waals surface area contributed by atoms with Crippen LogP contribution < -0.4 is 5.32 Å². The molecule has 3 aliphatic rings. The van der Waals surface area contributed by atoms with E-state index < -0.39 is 5.97 Å². The number of nitrogens with zero attached hydrogens (tertiary/aromatic N) is 1. The van der Waals surface area contributed by atoms with Gasteiger partial charge in [-0.2, -0.15) is 0 Å². The monoisotopic (exact) mass is 554 g/mol. The minimum absolute atomic E-state index is 0.000534. The Morgan fingerprint density at radius 1 is 1.23 bits per heavy atom. The van der Waals surface area contributed by atoms with Gasteiger partial charge in [0.25, 0.3) is 0 Å². The third-order valence-electron chi connectivity index (χ3n) is 6.00. The van der Waals surface area contributed by atoms with E-state index in [-0.39, 0.29) is 22.2 Å². The lowest BCUT2D eigenvalue weighted by atomic mass is 9.99. The van der Waals surface area contributed by atoms with Crippen LogP contribution in [-0.2, 0) is 9.53 Å². The Balaban J connectivity index is 1.15. The third-order valence-corrected chi connectivity index (χ3v) is 9.59. The summed E-state index contributed by atoms with van der Waals surface area (Å²) in [5.41, 5.74) is 1.19. The fraction of sp³-hybridized carbons (Fsp3) is 0.440. The van der Waals surface area contributed by atoms with Crippen LogP contribution in [0.2, 0.25) is 0 Å². The maximum absolute atomic E-state index is 12.4. The molecule has 1 saturated heterocycles. The van der Waals surface area contributed by atoms with Crippen molar-refractivity contribution in [2.24, 2.45) is 5.92 Å². The minimum atomic E-state index is -0.930. The van der Waals surface area contributed by atoms with E-state index in [1.807, 2.05) is 18.2 Å². The number of thioether (sulfide) groups is 2. The van der Waals surface area contributed by atoms with Gasteiger partial charge in [0.1, 0.15) is 0 Å². The Labute approximate surface area is 224 Å². The highest BCUT2D eigenvalue weighted by Gasteiger charge is 2.25. The molecule has 0 radical (unpaired) electrons. The molecule has 0 saturated carbocycles. The first-order chi connectivity index (χ1) is 16.9. The Morgan fingerprint density at radius 2 is 2.09 bits per heavy atom. The van der Waals surface area contributed by atoms with Crippen molar-refractivity contribution in [3.8, 4) is 0 Å². The lowest BCUT2D eigenvalue weighted by molar-refractivity contribution is -0.119. The van der Waals surface area contributed by atoms with Crippen molar-refractivity contribution >= 4 is 63.5 Å². The van der Waals surface area contributed by atoms with Crippen LogP contribution in [0.15, 0.2) is 52.6 Å². The highest BCUT2D eigenvalue weighted by molar-refractivity contribution is 8.22. The lowest BCUT2D eigenvalue weighted by Crippen LogP contribution is -2.48. The highest BCUT2D eigenvalue weighted by Crippen LogP contribution is 2.44. The van der Waals surface area contributed by atoms with Crippen LogP contribution in [0.25, 0.3) is 4.91 Å². The second-order valence-corrected chi connectivity index (χ2v) is 12.2. The van der Waals surface area contributed by atoms with Gasteiger partial charge in [0, 0.05) is 31.1 Å². The molecule has 3 atom stereocenters. The molecule has 0 aromatic heterocycles. The van der Waals surface area contributed by atoms with Crippen LogP contribution >= 0.6 is 46.7 Å². The zero-order chi connectivity index (χ0) is 24.8. The molecule has 1 aliphatic carbocycles. The van der Waals surface area contributed by atoms with Crippen molar-refractivity contribution in [3.63, 3.8) is 0 Å². The van der Waals surface area contributed by atoms with Crippen LogP contribution in [0.3, 0.4) is 0 Å². The minimum Gasteiger partial charge on any atom is -0.478 e. The summed E-state index contributed by atoms with van der Waals surface area (Å²) in [6.07, 6.45) is 7.80. The van der Waals surface area contributed by atoms with Gasteiger partial charge in [0.2, 0.25) is 5.91 Å². The summed E-state index contributed by atoms with van der Waals surface area (Å²) in [5, 5.41) is 13.5. The molecule has 10 heteroatoms. The molecule has 1 aromatic rings. The van der Waals surface area contributed by atoms with Crippen LogP contribution in [0.5, 0.6) is 0 Å².